The molecule has 0 aliphatic carbocycles. The maximum atomic E-state index is 13.9. The third-order valence-corrected chi connectivity index (χ3v) is 7.15. The fraction of sp³-hybridized carbons (Fsp3) is 0.632. The van der Waals surface area contributed by atoms with Crippen molar-refractivity contribution >= 4 is 31.7 Å². The first kappa shape index (κ1) is 20.5. The Morgan fingerprint density at radius 2 is 1.81 bits per heavy atom. The summed E-state index contributed by atoms with van der Waals surface area (Å²) in [4.78, 5) is 4.28. The second-order valence-corrected chi connectivity index (χ2v) is 15.1. The van der Waals surface area contributed by atoms with E-state index in [1.807, 2.05) is 38.5 Å². The molecule has 0 bridgehead atoms. The number of hydrogen-bond donors (Lipinski definition) is 0. The summed E-state index contributed by atoms with van der Waals surface area (Å²) in [5, 5.41) is 0.697. The smallest absolute Gasteiger partial charge is 0.399 e. The van der Waals surface area contributed by atoms with Gasteiger partial charge in [-0.25, -0.2) is 9.37 Å². The summed E-state index contributed by atoms with van der Waals surface area (Å²) in [6.07, 6.45) is 3.14. The first-order valence-electron chi connectivity index (χ1n) is 9.47. The molecule has 0 unspecified atom stereocenters. The molecule has 1 aliphatic heterocycles. The van der Waals surface area contributed by atoms with Gasteiger partial charge in [-0.15, -0.1) is 0 Å². The van der Waals surface area contributed by atoms with Crippen LogP contribution in [0, 0.1) is 5.82 Å². The predicted molar refractivity (Wildman–Crippen MR) is 110 cm³/mol. The van der Waals surface area contributed by atoms with Crippen LogP contribution in [0.3, 0.4) is 0 Å². The summed E-state index contributed by atoms with van der Waals surface area (Å²) in [5.74, 6) is -0.377. The van der Waals surface area contributed by atoms with E-state index in [4.69, 9.17) is 14.0 Å². The van der Waals surface area contributed by atoms with Crippen LogP contribution >= 0.6 is 0 Å². The number of ether oxygens (including phenoxy) is 1. The lowest BCUT2D eigenvalue weighted by Crippen LogP contribution is -2.41. The quantitative estimate of drug-likeness (QED) is 0.554. The predicted octanol–water partition coefficient (Wildman–Crippen LogP) is 3.79. The van der Waals surface area contributed by atoms with Crippen molar-refractivity contribution in [3.05, 3.63) is 24.3 Å². The van der Waals surface area contributed by atoms with Crippen LogP contribution in [-0.4, -0.2) is 42.6 Å². The monoisotopic (exact) mass is 392 g/mol. The lowest BCUT2D eigenvalue weighted by Gasteiger charge is -2.32. The molecule has 8 heteroatoms. The molecule has 0 saturated carbocycles. The Balaban J connectivity index is 1.87. The van der Waals surface area contributed by atoms with Gasteiger partial charge in [0.05, 0.1) is 17.4 Å². The molecule has 148 valence electrons. The number of rotatable bonds is 6. The van der Waals surface area contributed by atoms with E-state index >= 15 is 0 Å². The number of aromatic nitrogens is 2. The number of halogens is 1. The van der Waals surface area contributed by atoms with Crippen molar-refractivity contribution in [2.24, 2.45) is 0 Å². The van der Waals surface area contributed by atoms with Gasteiger partial charge in [0.1, 0.15) is 18.2 Å². The van der Waals surface area contributed by atoms with E-state index in [1.54, 1.807) is 0 Å². The molecule has 5 nitrogen and oxygen atoms in total. The zero-order chi connectivity index (χ0) is 20.0. The number of pyridine rings is 1. The molecule has 0 radical (unpaired) electrons. The zero-order valence-electron chi connectivity index (χ0n) is 17.4. The molecule has 0 amide bonds. The normalized spacial score (nSPS) is 19.2. The first-order chi connectivity index (χ1) is 12.4. The zero-order valence-corrected chi connectivity index (χ0v) is 18.4. The first-order valence-corrected chi connectivity index (χ1v) is 13.2. The highest BCUT2D eigenvalue weighted by molar-refractivity contribution is 6.76. The highest BCUT2D eigenvalue weighted by atomic mass is 28.3. The molecule has 0 spiro atoms. The SMILES string of the molecule is CC1(C)OB(c2cn(COCC[Si](C)(C)C)c3ncc(F)cc23)OC1(C)C. The largest absolute Gasteiger partial charge is 0.497 e. The summed E-state index contributed by atoms with van der Waals surface area (Å²) in [5.41, 5.74) is 0.542. The van der Waals surface area contributed by atoms with Crippen LogP contribution in [0.15, 0.2) is 18.5 Å². The molecule has 2 aromatic heterocycles. The highest BCUT2D eigenvalue weighted by Crippen LogP contribution is 2.37. The van der Waals surface area contributed by atoms with Crippen molar-refractivity contribution in [2.45, 2.75) is 71.3 Å². The van der Waals surface area contributed by atoms with Crippen LogP contribution in [0.1, 0.15) is 27.7 Å². The van der Waals surface area contributed by atoms with Gasteiger partial charge in [0, 0.05) is 31.7 Å². The Morgan fingerprint density at radius 1 is 1.19 bits per heavy atom. The van der Waals surface area contributed by atoms with Gasteiger partial charge in [0.15, 0.2) is 0 Å². The minimum Gasteiger partial charge on any atom is -0.399 e. The van der Waals surface area contributed by atoms with Crippen molar-refractivity contribution in [2.75, 3.05) is 6.61 Å². The molecular formula is C19H30BFN2O3Si. The molecule has 0 aromatic carbocycles. The third-order valence-electron chi connectivity index (χ3n) is 5.45. The van der Waals surface area contributed by atoms with Gasteiger partial charge in [0.25, 0.3) is 0 Å². The van der Waals surface area contributed by atoms with Crippen LogP contribution in [0.25, 0.3) is 11.0 Å². The lowest BCUT2D eigenvalue weighted by molar-refractivity contribution is 0.00578. The molecule has 1 fully saturated rings. The Bertz CT molecular complexity index is 816. The molecule has 3 rings (SSSR count). The lowest BCUT2D eigenvalue weighted by atomic mass is 9.79. The standard InChI is InChI=1S/C19H30BFN2O3Si/c1-18(2)19(3,4)26-20(25-18)16-12-23(13-24-8-9-27(5,6)7)17-15(16)10-14(21)11-22-17/h10-12H,8-9,13H2,1-7H3. The molecular weight excluding hydrogens is 362 g/mol. The van der Waals surface area contributed by atoms with E-state index in [0.29, 0.717) is 24.4 Å². The minimum absolute atomic E-state index is 0.374. The second kappa shape index (κ2) is 6.99. The summed E-state index contributed by atoms with van der Waals surface area (Å²) < 4.78 is 34.0. The van der Waals surface area contributed by atoms with Crippen molar-refractivity contribution in [1.29, 1.82) is 0 Å². The maximum Gasteiger partial charge on any atom is 0.497 e. The van der Waals surface area contributed by atoms with Gasteiger partial charge in [-0.1, -0.05) is 19.6 Å². The van der Waals surface area contributed by atoms with Crippen molar-refractivity contribution < 1.29 is 18.4 Å². The molecule has 2 aromatic rings. The number of nitrogens with zero attached hydrogens (tertiary/aromatic N) is 2. The molecule has 3 heterocycles. The maximum absolute atomic E-state index is 13.9. The fourth-order valence-electron chi connectivity index (χ4n) is 2.97. The van der Waals surface area contributed by atoms with E-state index in [1.165, 1.54) is 12.3 Å². The second-order valence-electron chi connectivity index (χ2n) is 9.52. The Morgan fingerprint density at radius 3 is 2.41 bits per heavy atom. The molecule has 0 atom stereocenters. The van der Waals surface area contributed by atoms with E-state index < -0.39 is 26.4 Å². The number of hydrogen-bond acceptors (Lipinski definition) is 4. The molecule has 1 saturated heterocycles. The highest BCUT2D eigenvalue weighted by Gasteiger charge is 2.52. The Labute approximate surface area is 162 Å². The molecule has 27 heavy (non-hydrogen) atoms. The van der Waals surface area contributed by atoms with Crippen molar-refractivity contribution in [1.82, 2.24) is 9.55 Å². The summed E-state index contributed by atoms with van der Waals surface area (Å²) in [6.45, 7) is 16.1. The molecule has 1 aliphatic rings. The van der Waals surface area contributed by atoms with Gasteiger partial charge >= 0.3 is 7.12 Å². The number of fused-ring (bicyclic) bond motifs is 1. The molecule has 0 N–H and O–H groups in total. The van der Waals surface area contributed by atoms with Gasteiger partial charge in [0.2, 0.25) is 0 Å². The summed E-state index contributed by atoms with van der Waals surface area (Å²) >= 11 is 0. The third kappa shape index (κ3) is 4.29. The van der Waals surface area contributed by atoms with Gasteiger partial charge in [-0.05, 0) is 39.8 Å². The van der Waals surface area contributed by atoms with Crippen molar-refractivity contribution in [3.63, 3.8) is 0 Å². The van der Waals surface area contributed by atoms with E-state index in [0.717, 1.165) is 11.5 Å². The van der Waals surface area contributed by atoms with Crippen LogP contribution in [0.4, 0.5) is 4.39 Å². The van der Waals surface area contributed by atoms with E-state index in [-0.39, 0.29) is 5.82 Å². The Hall–Kier alpha value is -1.22. The minimum atomic E-state index is -1.14. The van der Waals surface area contributed by atoms with Crippen LogP contribution in [-0.2, 0) is 20.8 Å². The fourth-order valence-corrected chi connectivity index (χ4v) is 3.73. The van der Waals surface area contributed by atoms with Crippen LogP contribution in [0.2, 0.25) is 25.7 Å². The average Bonchev–Trinajstić information content (AvgIpc) is 2.97. The van der Waals surface area contributed by atoms with E-state index in [9.17, 15) is 4.39 Å². The summed E-state index contributed by atoms with van der Waals surface area (Å²) in [6, 6.07) is 2.58. The van der Waals surface area contributed by atoms with E-state index in [2.05, 4.69) is 24.6 Å². The van der Waals surface area contributed by atoms with Gasteiger partial charge < -0.3 is 18.6 Å². The van der Waals surface area contributed by atoms with Gasteiger partial charge in [-0.3, -0.25) is 0 Å². The van der Waals surface area contributed by atoms with Gasteiger partial charge in [-0.2, -0.15) is 0 Å². The van der Waals surface area contributed by atoms with Crippen LogP contribution < -0.4 is 5.46 Å². The van der Waals surface area contributed by atoms with Crippen molar-refractivity contribution in [3.8, 4) is 0 Å². The topological polar surface area (TPSA) is 45.5 Å². The summed E-state index contributed by atoms with van der Waals surface area (Å²) in [7, 11) is -1.71. The van der Waals surface area contributed by atoms with Crippen LogP contribution in [0.5, 0.6) is 0 Å². The average molecular weight is 392 g/mol. The Kier molecular flexibility index (Phi) is 5.31.